The van der Waals surface area contributed by atoms with Gasteiger partial charge in [0.2, 0.25) is 5.91 Å². The van der Waals surface area contributed by atoms with Gasteiger partial charge in [0.1, 0.15) is 0 Å². The van der Waals surface area contributed by atoms with E-state index in [1.165, 1.54) is 9.75 Å². The predicted octanol–water partition coefficient (Wildman–Crippen LogP) is 3.16. The summed E-state index contributed by atoms with van der Waals surface area (Å²) in [5.41, 5.74) is 0. The van der Waals surface area contributed by atoms with Crippen LogP contribution >= 0.6 is 22.7 Å². The molecular weight excluding hydrogens is 288 g/mol. The second-order valence-corrected chi connectivity index (χ2v) is 6.93. The Morgan fingerprint density at radius 3 is 2.45 bits per heavy atom. The molecule has 1 amide bonds. The van der Waals surface area contributed by atoms with E-state index >= 15 is 0 Å². The van der Waals surface area contributed by atoms with Crippen LogP contribution in [0.2, 0.25) is 0 Å². The summed E-state index contributed by atoms with van der Waals surface area (Å²) < 4.78 is 0. The SMILES string of the molecule is O=C1NCCCCC1NC(c1cccs1)c1cccs1. The zero-order valence-corrected chi connectivity index (χ0v) is 12.8. The van der Waals surface area contributed by atoms with Gasteiger partial charge in [-0.15, -0.1) is 22.7 Å². The number of carbonyl (C=O) groups is 1. The summed E-state index contributed by atoms with van der Waals surface area (Å²) in [7, 11) is 0. The molecule has 0 radical (unpaired) electrons. The summed E-state index contributed by atoms with van der Waals surface area (Å²) in [4.78, 5) is 14.7. The van der Waals surface area contributed by atoms with Crippen LogP contribution in [-0.2, 0) is 4.79 Å². The molecule has 0 aliphatic carbocycles. The molecule has 3 rings (SSSR count). The lowest BCUT2D eigenvalue weighted by Gasteiger charge is -2.22. The zero-order chi connectivity index (χ0) is 13.8. The van der Waals surface area contributed by atoms with Crippen molar-refractivity contribution in [3.63, 3.8) is 0 Å². The summed E-state index contributed by atoms with van der Waals surface area (Å²) in [6.07, 6.45) is 3.09. The van der Waals surface area contributed by atoms with E-state index in [1.54, 1.807) is 22.7 Å². The summed E-state index contributed by atoms with van der Waals surface area (Å²) in [5.74, 6) is 0.139. The van der Waals surface area contributed by atoms with Crippen molar-refractivity contribution in [2.75, 3.05) is 6.54 Å². The van der Waals surface area contributed by atoms with Crippen LogP contribution in [0.4, 0.5) is 0 Å². The van der Waals surface area contributed by atoms with Gasteiger partial charge in [0, 0.05) is 16.3 Å². The van der Waals surface area contributed by atoms with E-state index in [0.717, 1.165) is 25.8 Å². The normalized spacial score (nSPS) is 19.9. The highest BCUT2D eigenvalue weighted by molar-refractivity contribution is 7.11. The Hall–Kier alpha value is -1.17. The highest BCUT2D eigenvalue weighted by Crippen LogP contribution is 2.30. The molecule has 1 aliphatic rings. The van der Waals surface area contributed by atoms with Gasteiger partial charge in [-0.2, -0.15) is 0 Å². The first kappa shape index (κ1) is 13.8. The molecule has 20 heavy (non-hydrogen) atoms. The molecule has 106 valence electrons. The largest absolute Gasteiger partial charge is 0.355 e. The predicted molar refractivity (Wildman–Crippen MR) is 84.3 cm³/mol. The van der Waals surface area contributed by atoms with Gasteiger partial charge in [0.15, 0.2) is 0 Å². The molecule has 2 N–H and O–H groups in total. The van der Waals surface area contributed by atoms with E-state index in [9.17, 15) is 4.79 Å². The Morgan fingerprint density at radius 1 is 1.15 bits per heavy atom. The summed E-state index contributed by atoms with van der Waals surface area (Å²) >= 11 is 3.47. The fourth-order valence-corrected chi connectivity index (χ4v) is 4.19. The summed E-state index contributed by atoms with van der Waals surface area (Å²) in [6.45, 7) is 0.805. The van der Waals surface area contributed by atoms with E-state index in [0.29, 0.717) is 0 Å². The molecule has 3 nitrogen and oxygen atoms in total. The van der Waals surface area contributed by atoms with Crippen molar-refractivity contribution in [1.29, 1.82) is 0 Å². The number of thiophene rings is 2. The smallest absolute Gasteiger partial charge is 0.237 e. The van der Waals surface area contributed by atoms with Crippen molar-refractivity contribution >= 4 is 28.6 Å². The molecule has 2 aromatic heterocycles. The number of carbonyl (C=O) groups excluding carboxylic acids is 1. The van der Waals surface area contributed by atoms with Crippen LogP contribution in [0, 0.1) is 0 Å². The number of rotatable bonds is 4. The Labute approximate surface area is 127 Å². The molecule has 0 aromatic carbocycles. The van der Waals surface area contributed by atoms with Crippen molar-refractivity contribution in [3.05, 3.63) is 44.8 Å². The Balaban J connectivity index is 1.81. The molecule has 1 fully saturated rings. The fraction of sp³-hybridized carbons (Fsp3) is 0.400. The number of nitrogens with one attached hydrogen (secondary N) is 2. The van der Waals surface area contributed by atoms with Crippen LogP contribution in [0.1, 0.15) is 35.1 Å². The molecule has 0 saturated carbocycles. The highest BCUT2D eigenvalue weighted by Gasteiger charge is 2.26. The van der Waals surface area contributed by atoms with Crippen molar-refractivity contribution < 1.29 is 4.79 Å². The Morgan fingerprint density at radius 2 is 1.85 bits per heavy atom. The molecule has 2 aromatic rings. The van der Waals surface area contributed by atoms with Crippen molar-refractivity contribution in [2.24, 2.45) is 0 Å². The maximum absolute atomic E-state index is 12.1. The number of hydrogen-bond donors (Lipinski definition) is 2. The Bertz CT molecular complexity index is 502. The van der Waals surface area contributed by atoms with Crippen LogP contribution in [-0.4, -0.2) is 18.5 Å². The fourth-order valence-electron chi connectivity index (χ4n) is 2.52. The minimum absolute atomic E-state index is 0.0910. The van der Waals surface area contributed by atoms with Crippen LogP contribution in [0.25, 0.3) is 0 Å². The van der Waals surface area contributed by atoms with Crippen LogP contribution in [0.5, 0.6) is 0 Å². The van der Waals surface area contributed by atoms with Crippen molar-refractivity contribution in [1.82, 2.24) is 10.6 Å². The van der Waals surface area contributed by atoms with Gasteiger partial charge in [0.05, 0.1) is 12.1 Å². The third-order valence-electron chi connectivity index (χ3n) is 3.56. The van der Waals surface area contributed by atoms with Crippen LogP contribution in [0.3, 0.4) is 0 Å². The monoisotopic (exact) mass is 306 g/mol. The van der Waals surface area contributed by atoms with E-state index < -0.39 is 0 Å². The minimum Gasteiger partial charge on any atom is -0.355 e. The molecule has 1 saturated heterocycles. The second-order valence-electron chi connectivity index (χ2n) is 4.97. The standard InChI is InChI=1S/C15H18N2OS2/c18-15-11(5-1-2-8-16-15)17-14(12-6-3-9-19-12)13-7-4-10-20-13/h3-4,6-7,9-11,14,17H,1-2,5,8H2,(H,16,18). The lowest BCUT2D eigenvalue weighted by molar-refractivity contribution is -0.123. The molecule has 1 atom stereocenters. The van der Waals surface area contributed by atoms with E-state index in [2.05, 4.69) is 45.7 Å². The highest BCUT2D eigenvalue weighted by atomic mass is 32.1. The summed E-state index contributed by atoms with van der Waals surface area (Å²) in [5, 5.41) is 10.7. The van der Waals surface area contributed by atoms with E-state index in [1.807, 2.05) is 0 Å². The maximum atomic E-state index is 12.1. The molecular formula is C15H18N2OS2. The molecule has 1 aliphatic heterocycles. The van der Waals surface area contributed by atoms with E-state index in [-0.39, 0.29) is 18.0 Å². The molecule has 1 unspecified atom stereocenters. The molecule has 0 spiro atoms. The first-order valence-electron chi connectivity index (χ1n) is 6.95. The van der Waals surface area contributed by atoms with Crippen molar-refractivity contribution in [2.45, 2.75) is 31.3 Å². The average Bonchev–Trinajstić information content (AvgIpc) is 3.12. The lowest BCUT2D eigenvalue weighted by atomic mass is 10.1. The number of hydrogen-bond acceptors (Lipinski definition) is 4. The molecule has 3 heterocycles. The van der Waals surface area contributed by atoms with Crippen molar-refractivity contribution in [3.8, 4) is 0 Å². The lowest BCUT2D eigenvalue weighted by Crippen LogP contribution is -2.44. The number of amides is 1. The topological polar surface area (TPSA) is 41.1 Å². The molecule has 0 bridgehead atoms. The van der Waals surface area contributed by atoms with Gasteiger partial charge in [-0.3, -0.25) is 10.1 Å². The molecule has 5 heteroatoms. The summed E-state index contributed by atoms with van der Waals surface area (Å²) in [6, 6.07) is 8.44. The van der Waals surface area contributed by atoms with Gasteiger partial charge in [-0.05, 0) is 42.2 Å². The van der Waals surface area contributed by atoms with Gasteiger partial charge < -0.3 is 5.32 Å². The van der Waals surface area contributed by atoms with Gasteiger partial charge in [-0.25, -0.2) is 0 Å². The van der Waals surface area contributed by atoms with Gasteiger partial charge >= 0.3 is 0 Å². The van der Waals surface area contributed by atoms with Gasteiger partial charge in [-0.1, -0.05) is 12.1 Å². The van der Waals surface area contributed by atoms with Crippen LogP contribution in [0.15, 0.2) is 35.0 Å². The maximum Gasteiger partial charge on any atom is 0.237 e. The average molecular weight is 306 g/mol. The first-order chi connectivity index (χ1) is 9.84. The van der Waals surface area contributed by atoms with E-state index in [4.69, 9.17) is 0 Å². The van der Waals surface area contributed by atoms with Crippen LogP contribution < -0.4 is 10.6 Å². The Kier molecular flexibility index (Phi) is 4.50. The minimum atomic E-state index is -0.0910. The first-order valence-corrected chi connectivity index (χ1v) is 8.71. The van der Waals surface area contributed by atoms with Gasteiger partial charge in [0.25, 0.3) is 0 Å². The third-order valence-corrected chi connectivity index (χ3v) is 5.43. The second kappa shape index (κ2) is 6.52. The third kappa shape index (κ3) is 3.11. The zero-order valence-electron chi connectivity index (χ0n) is 11.2. The quantitative estimate of drug-likeness (QED) is 0.911.